The van der Waals surface area contributed by atoms with Crippen molar-refractivity contribution in [3.63, 3.8) is 0 Å². The molecule has 0 aliphatic heterocycles. The summed E-state index contributed by atoms with van der Waals surface area (Å²) in [5.41, 5.74) is 1.40. The monoisotopic (exact) mass is 166 g/mol. The Kier molecular flexibility index (Phi) is 5.79. The van der Waals surface area contributed by atoms with Crippen LogP contribution in [0.1, 0.15) is 40.5 Å². The Labute approximate surface area is 77.4 Å². The van der Waals surface area contributed by atoms with Crippen LogP contribution in [0.5, 0.6) is 0 Å². The molecule has 0 nitrogen and oxygen atoms in total. The highest BCUT2D eigenvalue weighted by Crippen LogP contribution is 2.13. The molecular weight excluding hydrogens is 144 g/mol. The fraction of sp³-hybridized carbons (Fsp3) is 0.667. The molecule has 0 aromatic heterocycles. The molecule has 0 fully saturated rings. The van der Waals surface area contributed by atoms with Gasteiger partial charge in [-0.1, -0.05) is 52.0 Å². The molecule has 0 aliphatic rings. The van der Waals surface area contributed by atoms with Crippen LogP contribution >= 0.6 is 0 Å². The van der Waals surface area contributed by atoms with Crippen molar-refractivity contribution >= 4 is 0 Å². The molecule has 0 radical (unpaired) electrons. The maximum Gasteiger partial charge on any atom is -0.0259 e. The summed E-state index contributed by atoms with van der Waals surface area (Å²) in [5.74, 6) is 1.49. The van der Waals surface area contributed by atoms with Crippen LogP contribution in [-0.2, 0) is 0 Å². The van der Waals surface area contributed by atoms with E-state index >= 15 is 0 Å². The van der Waals surface area contributed by atoms with Gasteiger partial charge in [0, 0.05) is 0 Å². The third-order valence-corrected chi connectivity index (χ3v) is 1.76. The molecule has 0 bridgehead atoms. The molecule has 0 atom stereocenters. The molecule has 0 spiro atoms. The highest BCUT2D eigenvalue weighted by Gasteiger charge is 1.97. The Morgan fingerprint density at radius 3 is 2.08 bits per heavy atom. The molecule has 0 rings (SSSR count). The smallest absolute Gasteiger partial charge is 0.0259 e. The van der Waals surface area contributed by atoms with E-state index in [9.17, 15) is 0 Å². The zero-order valence-corrected chi connectivity index (χ0v) is 8.93. The minimum Gasteiger partial charge on any atom is -0.0988 e. The first-order valence-electron chi connectivity index (χ1n) is 4.87. The molecule has 0 aromatic rings. The average molecular weight is 166 g/mol. The Morgan fingerprint density at radius 1 is 1.17 bits per heavy atom. The normalized spacial score (nSPS) is 12.7. The van der Waals surface area contributed by atoms with Gasteiger partial charge in [0.05, 0.1) is 0 Å². The van der Waals surface area contributed by atoms with E-state index in [1.807, 2.05) is 6.08 Å². The fourth-order valence-corrected chi connectivity index (χ4v) is 1.11. The van der Waals surface area contributed by atoms with Crippen LogP contribution in [0.25, 0.3) is 0 Å². The lowest BCUT2D eigenvalue weighted by Gasteiger charge is -2.06. The van der Waals surface area contributed by atoms with Crippen LogP contribution in [0.3, 0.4) is 0 Å². The lowest BCUT2D eigenvalue weighted by Crippen LogP contribution is -1.90. The molecular formula is C12H22. The molecule has 0 unspecified atom stereocenters. The van der Waals surface area contributed by atoms with Gasteiger partial charge in [0.15, 0.2) is 0 Å². The lowest BCUT2D eigenvalue weighted by atomic mass is 10.00. The predicted molar refractivity (Wildman–Crippen MR) is 57.2 cm³/mol. The Balaban J connectivity index is 3.95. The zero-order valence-electron chi connectivity index (χ0n) is 8.93. The van der Waals surface area contributed by atoms with Crippen LogP contribution in [-0.4, -0.2) is 0 Å². The highest BCUT2D eigenvalue weighted by molar-refractivity contribution is 5.16. The average Bonchev–Trinajstić information content (AvgIpc) is 1.97. The van der Waals surface area contributed by atoms with Gasteiger partial charge in [-0.2, -0.15) is 0 Å². The molecule has 0 saturated heterocycles. The predicted octanol–water partition coefficient (Wildman–Crippen LogP) is 4.19. The van der Waals surface area contributed by atoms with Crippen molar-refractivity contribution in [2.24, 2.45) is 11.8 Å². The van der Waals surface area contributed by atoms with Crippen molar-refractivity contribution in [2.45, 2.75) is 40.5 Å². The van der Waals surface area contributed by atoms with E-state index in [2.05, 4.69) is 40.3 Å². The second kappa shape index (κ2) is 6.05. The van der Waals surface area contributed by atoms with Gasteiger partial charge in [-0.25, -0.2) is 0 Å². The number of allylic oxidation sites excluding steroid dienone is 3. The second-order valence-electron chi connectivity index (χ2n) is 4.21. The van der Waals surface area contributed by atoms with Gasteiger partial charge >= 0.3 is 0 Å². The summed E-state index contributed by atoms with van der Waals surface area (Å²) in [4.78, 5) is 0. The summed E-state index contributed by atoms with van der Waals surface area (Å²) in [6.07, 6.45) is 6.64. The van der Waals surface area contributed by atoms with E-state index in [1.54, 1.807) is 0 Å². The first kappa shape index (κ1) is 11.5. The summed E-state index contributed by atoms with van der Waals surface area (Å²) >= 11 is 0. The molecule has 0 aromatic carbocycles. The SMILES string of the molecule is C=C/C(=C\CC(C)C)CC(C)C. The number of hydrogen-bond donors (Lipinski definition) is 0. The Morgan fingerprint density at radius 2 is 1.75 bits per heavy atom. The molecule has 0 N–H and O–H groups in total. The second-order valence-corrected chi connectivity index (χ2v) is 4.21. The van der Waals surface area contributed by atoms with Crippen LogP contribution in [0.2, 0.25) is 0 Å². The minimum atomic E-state index is 0.737. The van der Waals surface area contributed by atoms with Crippen molar-refractivity contribution < 1.29 is 0 Å². The van der Waals surface area contributed by atoms with Gasteiger partial charge in [0.25, 0.3) is 0 Å². The van der Waals surface area contributed by atoms with E-state index in [0.717, 1.165) is 18.3 Å². The van der Waals surface area contributed by atoms with Gasteiger partial charge in [0.1, 0.15) is 0 Å². The third-order valence-electron chi connectivity index (χ3n) is 1.76. The van der Waals surface area contributed by atoms with E-state index in [0.29, 0.717) is 0 Å². The van der Waals surface area contributed by atoms with Gasteiger partial charge < -0.3 is 0 Å². The highest BCUT2D eigenvalue weighted by atomic mass is 14.0. The van der Waals surface area contributed by atoms with Crippen molar-refractivity contribution in [1.29, 1.82) is 0 Å². The molecule has 12 heavy (non-hydrogen) atoms. The number of hydrogen-bond acceptors (Lipinski definition) is 0. The van der Waals surface area contributed by atoms with E-state index in [4.69, 9.17) is 0 Å². The molecule has 0 amide bonds. The molecule has 0 aliphatic carbocycles. The standard InChI is InChI=1S/C12H22/c1-6-12(9-11(4)5)8-7-10(2)3/h6,8,10-11H,1,7,9H2,2-5H3/b12-8+. The van der Waals surface area contributed by atoms with E-state index in [1.165, 1.54) is 12.0 Å². The Bertz CT molecular complexity index is 149. The quantitative estimate of drug-likeness (QED) is 0.537. The summed E-state index contributed by atoms with van der Waals surface area (Å²) in [7, 11) is 0. The van der Waals surface area contributed by atoms with Gasteiger partial charge in [-0.3, -0.25) is 0 Å². The zero-order chi connectivity index (χ0) is 9.56. The Hall–Kier alpha value is -0.520. The van der Waals surface area contributed by atoms with Crippen molar-refractivity contribution in [3.8, 4) is 0 Å². The van der Waals surface area contributed by atoms with E-state index < -0.39 is 0 Å². The molecule has 0 heterocycles. The lowest BCUT2D eigenvalue weighted by molar-refractivity contribution is 0.632. The van der Waals surface area contributed by atoms with Gasteiger partial charge in [-0.15, -0.1) is 0 Å². The van der Waals surface area contributed by atoms with Gasteiger partial charge in [0.2, 0.25) is 0 Å². The van der Waals surface area contributed by atoms with Crippen molar-refractivity contribution in [2.75, 3.05) is 0 Å². The first-order valence-corrected chi connectivity index (χ1v) is 4.87. The van der Waals surface area contributed by atoms with Crippen LogP contribution in [0, 0.1) is 11.8 Å². The molecule has 70 valence electrons. The molecule has 0 heteroatoms. The van der Waals surface area contributed by atoms with Crippen LogP contribution in [0.15, 0.2) is 24.3 Å². The summed E-state index contributed by atoms with van der Waals surface area (Å²) in [6, 6.07) is 0. The maximum atomic E-state index is 3.82. The van der Waals surface area contributed by atoms with Crippen LogP contribution < -0.4 is 0 Å². The molecule has 0 saturated carbocycles. The van der Waals surface area contributed by atoms with Crippen LogP contribution in [0.4, 0.5) is 0 Å². The van der Waals surface area contributed by atoms with Crippen molar-refractivity contribution in [3.05, 3.63) is 24.3 Å². The fourth-order valence-electron chi connectivity index (χ4n) is 1.11. The third kappa shape index (κ3) is 6.21. The topological polar surface area (TPSA) is 0 Å². The maximum absolute atomic E-state index is 3.82. The van der Waals surface area contributed by atoms with E-state index in [-0.39, 0.29) is 0 Å². The first-order chi connectivity index (χ1) is 5.56. The number of rotatable bonds is 5. The largest absolute Gasteiger partial charge is 0.0988 e. The summed E-state index contributed by atoms with van der Waals surface area (Å²) < 4.78 is 0. The minimum absolute atomic E-state index is 0.737. The van der Waals surface area contributed by atoms with Gasteiger partial charge in [-0.05, 0) is 24.7 Å². The summed E-state index contributed by atoms with van der Waals surface area (Å²) in [6.45, 7) is 12.8. The van der Waals surface area contributed by atoms with Crippen molar-refractivity contribution in [1.82, 2.24) is 0 Å². The summed E-state index contributed by atoms with van der Waals surface area (Å²) in [5, 5.41) is 0.